The number of carbonyl (C=O) groups is 1. The Bertz CT molecular complexity index is 1680. The van der Waals surface area contributed by atoms with Crippen LogP contribution in [-0.2, 0) is 18.6 Å². The number of ether oxygens (including phenoxy) is 1. The van der Waals surface area contributed by atoms with Gasteiger partial charge in [0.1, 0.15) is 18.0 Å². The predicted octanol–water partition coefficient (Wildman–Crippen LogP) is 3.77. The van der Waals surface area contributed by atoms with E-state index in [9.17, 15) is 24.1 Å². The van der Waals surface area contributed by atoms with E-state index in [2.05, 4.69) is 16.9 Å². The maximum Gasteiger partial charge on any atom is 0.459 e. The molecule has 3 N–H and O–H groups in total. The van der Waals surface area contributed by atoms with Gasteiger partial charge >= 0.3 is 13.4 Å². The van der Waals surface area contributed by atoms with Crippen LogP contribution in [0.3, 0.4) is 0 Å². The van der Waals surface area contributed by atoms with Crippen molar-refractivity contribution in [2.24, 2.45) is 0 Å². The fraction of sp³-hybridized carbons (Fsp3) is 0.367. The van der Waals surface area contributed by atoms with E-state index in [1.165, 1.54) is 19.1 Å². The summed E-state index contributed by atoms with van der Waals surface area (Å²) in [5, 5.41) is 13.0. The highest BCUT2D eigenvalue weighted by atomic mass is 32.2. The van der Waals surface area contributed by atoms with Crippen LogP contribution >= 0.6 is 19.5 Å². The van der Waals surface area contributed by atoms with Crippen molar-refractivity contribution < 1.29 is 32.6 Å². The van der Waals surface area contributed by atoms with E-state index in [1.54, 1.807) is 12.1 Å². The van der Waals surface area contributed by atoms with Crippen molar-refractivity contribution in [3.8, 4) is 17.6 Å². The molecule has 6 atom stereocenters. The maximum atomic E-state index is 15.6. The maximum absolute atomic E-state index is 15.6. The van der Waals surface area contributed by atoms with Crippen LogP contribution in [-0.4, -0.2) is 55.5 Å². The lowest BCUT2D eigenvalue weighted by molar-refractivity contribution is -0.112. The zero-order chi connectivity index (χ0) is 32.1. The number of benzene rings is 2. The van der Waals surface area contributed by atoms with E-state index >= 15 is 4.39 Å². The highest BCUT2D eigenvalue weighted by Crippen LogP contribution is 2.47. The molecule has 3 aromatic rings. The predicted molar refractivity (Wildman–Crippen MR) is 164 cm³/mol. The molecule has 0 spiro atoms. The summed E-state index contributed by atoms with van der Waals surface area (Å²) in [6, 6.07) is 15.8. The Morgan fingerprint density at radius 1 is 1.14 bits per heavy atom. The number of hydrogen-bond acceptors (Lipinski definition) is 9. The van der Waals surface area contributed by atoms with Crippen molar-refractivity contribution in [1.29, 1.82) is 0 Å². The SMILES string of the molecule is CC(C)SC(=O)[C@H](C)NP(=O)(OC[C@H]1O[C@@H](n2ccc(=O)[nH]c2=O)[C@](C)(F)[C@@H]1O)Oc1ccc(C#Cc2ccccc2)cc1. The molecule has 1 fully saturated rings. The molecule has 44 heavy (non-hydrogen) atoms. The number of nitrogens with one attached hydrogen (secondary N) is 2. The topological polar surface area (TPSA) is 149 Å². The van der Waals surface area contributed by atoms with Gasteiger partial charge in [0.15, 0.2) is 11.9 Å². The van der Waals surface area contributed by atoms with Crippen molar-refractivity contribution in [2.75, 3.05) is 6.61 Å². The fourth-order valence-electron chi connectivity index (χ4n) is 4.25. The molecule has 1 aliphatic heterocycles. The molecule has 1 aliphatic rings. The molecule has 0 bridgehead atoms. The van der Waals surface area contributed by atoms with E-state index in [1.807, 2.05) is 49.2 Å². The van der Waals surface area contributed by atoms with Crippen LogP contribution in [0.15, 0.2) is 76.4 Å². The third-order valence-corrected chi connectivity index (χ3v) is 9.19. The fourth-order valence-corrected chi connectivity index (χ4v) is 6.58. The summed E-state index contributed by atoms with van der Waals surface area (Å²) in [6.07, 6.45) is -3.81. The van der Waals surface area contributed by atoms with Crippen LogP contribution in [0.5, 0.6) is 5.75 Å². The second-order valence-corrected chi connectivity index (χ2v) is 13.8. The summed E-state index contributed by atoms with van der Waals surface area (Å²) >= 11 is 1.04. The molecular weight excluding hydrogens is 612 g/mol. The molecule has 0 aliphatic carbocycles. The number of halogens is 1. The normalized spacial score (nSPS) is 23.4. The van der Waals surface area contributed by atoms with E-state index < -0.39 is 55.7 Å². The molecule has 1 aromatic heterocycles. The molecular formula is C30H33FN3O8PS. The number of rotatable bonds is 10. The Hall–Kier alpha value is -3.50. The summed E-state index contributed by atoms with van der Waals surface area (Å²) < 4.78 is 47.4. The molecule has 1 saturated heterocycles. The third kappa shape index (κ3) is 8.35. The smallest absolute Gasteiger partial charge is 0.413 e. The van der Waals surface area contributed by atoms with Crippen molar-refractivity contribution in [3.63, 3.8) is 0 Å². The molecule has 1 unspecified atom stereocenters. The number of carbonyl (C=O) groups excluding carboxylic acids is 1. The van der Waals surface area contributed by atoms with Gasteiger partial charge in [0, 0.05) is 28.6 Å². The number of aliphatic hydroxyl groups excluding tert-OH is 1. The van der Waals surface area contributed by atoms with E-state index in [0.29, 0.717) is 5.56 Å². The minimum atomic E-state index is -4.35. The lowest BCUT2D eigenvalue weighted by Crippen LogP contribution is -2.43. The average molecular weight is 646 g/mol. The van der Waals surface area contributed by atoms with Crippen molar-refractivity contribution in [2.45, 2.75) is 63.1 Å². The summed E-state index contributed by atoms with van der Waals surface area (Å²) in [6.45, 7) is 5.55. The Balaban J connectivity index is 1.53. The second-order valence-electron chi connectivity index (χ2n) is 10.5. The highest BCUT2D eigenvalue weighted by molar-refractivity contribution is 8.14. The standard InChI is InChI=1S/C30H33FN3O8PS/c1-19(2)44-27(37)20(3)33-43(39,42-23-14-12-22(13-15-23)11-10-21-8-6-5-7-9-21)40-18-24-26(36)30(4,31)28(41-24)34-17-16-25(35)32-29(34)38/h5-9,12-17,19-20,24,26,28,36H,18H2,1-4H3,(H,33,39)(H,32,35,38)/t20-,24+,26+,28+,30+,43?/m0/s1. The molecule has 0 radical (unpaired) electrons. The third-order valence-electron chi connectivity index (χ3n) is 6.49. The minimum absolute atomic E-state index is 0.0324. The molecule has 0 amide bonds. The van der Waals surface area contributed by atoms with Crippen molar-refractivity contribution >= 4 is 24.6 Å². The number of alkyl halides is 1. The Morgan fingerprint density at radius 2 is 1.77 bits per heavy atom. The van der Waals surface area contributed by atoms with Crippen LogP contribution in [0.2, 0.25) is 0 Å². The number of thioether (sulfide) groups is 1. The van der Waals surface area contributed by atoms with Crippen LogP contribution in [0, 0.1) is 11.8 Å². The Kier molecular flexibility index (Phi) is 10.7. The van der Waals surface area contributed by atoms with E-state index in [-0.39, 0.29) is 16.1 Å². The van der Waals surface area contributed by atoms with Crippen LogP contribution < -0.4 is 20.9 Å². The van der Waals surface area contributed by atoms with Crippen molar-refractivity contribution in [3.05, 3.63) is 98.8 Å². The number of hydrogen-bond donors (Lipinski definition) is 3. The largest absolute Gasteiger partial charge is 0.459 e. The Labute approximate surface area is 257 Å². The molecule has 2 aromatic carbocycles. The van der Waals surface area contributed by atoms with Gasteiger partial charge in [-0.05, 0) is 50.2 Å². The first-order valence-electron chi connectivity index (χ1n) is 13.7. The molecule has 11 nitrogen and oxygen atoms in total. The van der Waals surface area contributed by atoms with Gasteiger partial charge in [-0.15, -0.1) is 0 Å². The average Bonchev–Trinajstić information content (AvgIpc) is 3.19. The van der Waals surface area contributed by atoms with Gasteiger partial charge < -0.3 is 14.4 Å². The first-order valence-corrected chi connectivity index (χ1v) is 16.1. The first-order chi connectivity index (χ1) is 20.8. The van der Waals surface area contributed by atoms with Crippen LogP contribution in [0.1, 0.15) is 45.0 Å². The van der Waals surface area contributed by atoms with Gasteiger partial charge in [0.25, 0.3) is 5.56 Å². The summed E-state index contributed by atoms with van der Waals surface area (Å²) in [5.41, 5.74) is -2.63. The molecule has 14 heteroatoms. The van der Waals surface area contributed by atoms with E-state index in [4.69, 9.17) is 13.8 Å². The van der Waals surface area contributed by atoms with Gasteiger partial charge in [0.2, 0.25) is 5.12 Å². The van der Waals surface area contributed by atoms with Crippen LogP contribution in [0.4, 0.5) is 4.39 Å². The second kappa shape index (κ2) is 14.1. The first kappa shape index (κ1) is 33.4. The molecule has 234 valence electrons. The molecule has 2 heterocycles. The lowest BCUT2D eigenvalue weighted by Gasteiger charge is -2.25. The zero-order valence-electron chi connectivity index (χ0n) is 24.4. The number of nitrogens with zero attached hydrogens (tertiary/aromatic N) is 1. The minimum Gasteiger partial charge on any atom is -0.413 e. The quantitative estimate of drug-likeness (QED) is 0.220. The zero-order valence-corrected chi connectivity index (χ0v) is 26.1. The summed E-state index contributed by atoms with van der Waals surface area (Å²) in [5.74, 6) is 6.19. The monoisotopic (exact) mass is 645 g/mol. The van der Waals surface area contributed by atoms with Gasteiger partial charge in [-0.1, -0.05) is 55.6 Å². The molecule has 0 saturated carbocycles. The van der Waals surface area contributed by atoms with Gasteiger partial charge in [0.05, 0.1) is 12.6 Å². The summed E-state index contributed by atoms with van der Waals surface area (Å²) in [4.78, 5) is 38.4. The van der Waals surface area contributed by atoms with Gasteiger partial charge in [-0.25, -0.2) is 18.8 Å². The Morgan fingerprint density at radius 3 is 2.39 bits per heavy atom. The summed E-state index contributed by atoms with van der Waals surface area (Å²) in [7, 11) is -4.35. The number of aliphatic hydroxyl groups is 1. The molecule has 4 rings (SSSR count). The highest BCUT2D eigenvalue weighted by Gasteiger charge is 2.56. The van der Waals surface area contributed by atoms with Crippen molar-refractivity contribution in [1.82, 2.24) is 14.6 Å². The van der Waals surface area contributed by atoms with Crippen LogP contribution in [0.25, 0.3) is 0 Å². The number of H-pyrrole nitrogens is 1. The van der Waals surface area contributed by atoms with Gasteiger partial charge in [-0.2, -0.15) is 0 Å². The van der Waals surface area contributed by atoms with Gasteiger partial charge in [-0.3, -0.25) is 23.7 Å². The lowest BCUT2D eigenvalue weighted by atomic mass is 9.98. The number of aromatic nitrogens is 2. The number of aromatic amines is 1. The van der Waals surface area contributed by atoms with E-state index in [0.717, 1.165) is 41.1 Å².